The lowest BCUT2D eigenvalue weighted by atomic mass is 10.2. The Morgan fingerprint density at radius 2 is 1.65 bits per heavy atom. The van der Waals surface area contributed by atoms with E-state index < -0.39 is 10.0 Å². The molecule has 0 aliphatic rings. The average molecular weight is 456 g/mol. The van der Waals surface area contributed by atoms with E-state index in [-0.39, 0.29) is 24.8 Å². The Kier molecular flexibility index (Phi) is 7.71. The lowest BCUT2D eigenvalue weighted by Gasteiger charge is -2.09. The average Bonchev–Trinajstić information content (AvgIpc) is 3.28. The smallest absolute Gasteiger partial charge is 0.265 e. The Morgan fingerprint density at radius 3 is 2.35 bits per heavy atom. The van der Waals surface area contributed by atoms with Crippen LogP contribution in [-0.2, 0) is 14.8 Å². The second kappa shape index (κ2) is 10.7. The van der Waals surface area contributed by atoms with Crippen LogP contribution in [0, 0.1) is 0 Å². The van der Waals surface area contributed by atoms with E-state index in [2.05, 4.69) is 15.4 Å². The van der Waals surface area contributed by atoms with Gasteiger partial charge in [0.05, 0.1) is 4.88 Å². The maximum absolute atomic E-state index is 12.1. The Hall–Kier alpha value is -3.27. The standard InChI is InChI=1S/C22H21N3O4S2/c26-21(11-13-23-31(28,29)15-12-17-6-2-1-3-7-17)24-18-8-4-9-19(16-18)25-22(27)20-10-5-14-30-20/h1-10,12,14-16,23H,11,13H2,(H,24,26)(H,25,27)/b15-12+. The van der Waals surface area contributed by atoms with Gasteiger partial charge in [-0.05, 0) is 41.3 Å². The van der Waals surface area contributed by atoms with Crippen molar-refractivity contribution < 1.29 is 18.0 Å². The Labute approximate surface area is 184 Å². The molecule has 0 aliphatic carbocycles. The Balaban J connectivity index is 1.47. The van der Waals surface area contributed by atoms with Crippen molar-refractivity contribution in [1.29, 1.82) is 0 Å². The minimum absolute atomic E-state index is 0.0375. The third kappa shape index (κ3) is 7.49. The SMILES string of the molecule is O=C(CCNS(=O)(=O)/C=C/c1ccccc1)Nc1cccc(NC(=O)c2cccs2)c1. The largest absolute Gasteiger partial charge is 0.326 e. The van der Waals surface area contributed by atoms with E-state index >= 15 is 0 Å². The van der Waals surface area contributed by atoms with Gasteiger partial charge in [-0.1, -0.05) is 42.5 Å². The van der Waals surface area contributed by atoms with Crippen LogP contribution in [0.1, 0.15) is 21.7 Å². The fourth-order valence-corrected chi connectivity index (χ4v) is 4.02. The van der Waals surface area contributed by atoms with Gasteiger partial charge in [0.1, 0.15) is 0 Å². The quantitative estimate of drug-likeness (QED) is 0.455. The molecule has 9 heteroatoms. The molecular formula is C22H21N3O4S2. The number of thiophene rings is 1. The van der Waals surface area contributed by atoms with Gasteiger partial charge in [0.25, 0.3) is 5.91 Å². The van der Waals surface area contributed by atoms with Crippen LogP contribution in [-0.4, -0.2) is 26.8 Å². The van der Waals surface area contributed by atoms with Gasteiger partial charge in [0.2, 0.25) is 15.9 Å². The van der Waals surface area contributed by atoms with E-state index in [1.807, 2.05) is 23.6 Å². The molecule has 1 heterocycles. The number of benzene rings is 2. The number of rotatable bonds is 9. The number of hydrogen-bond donors (Lipinski definition) is 3. The molecule has 0 unspecified atom stereocenters. The van der Waals surface area contributed by atoms with E-state index in [1.165, 1.54) is 17.4 Å². The number of anilines is 2. The van der Waals surface area contributed by atoms with E-state index in [9.17, 15) is 18.0 Å². The molecule has 160 valence electrons. The number of sulfonamides is 1. The van der Waals surface area contributed by atoms with Crippen LogP contribution in [0.15, 0.2) is 77.5 Å². The minimum Gasteiger partial charge on any atom is -0.326 e. The maximum Gasteiger partial charge on any atom is 0.265 e. The first-order valence-electron chi connectivity index (χ1n) is 9.39. The molecule has 2 aromatic carbocycles. The fraction of sp³-hybridized carbons (Fsp3) is 0.0909. The highest BCUT2D eigenvalue weighted by molar-refractivity contribution is 7.92. The third-order valence-corrected chi connectivity index (χ3v) is 6.01. The normalized spacial score (nSPS) is 11.4. The molecule has 3 N–H and O–H groups in total. The first-order chi connectivity index (χ1) is 14.9. The van der Waals surface area contributed by atoms with E-state index in [0.717, 1.165) is 11.0 Å². The van der Waals surface area contributed by atoms with Gasteiger partial charge in [-0.25, -0.2) is 13.1 Å². The third-order valence-electron chi connectivity index (χ3n) is 4.04. The predicted molar refractivity (Wildman–Crippen MR) is 124 cm³/mol. The molecule has 0 spiro atoms. The molecule has 0 saturated carbocycles. The van der Waals surface area contributed by atoms with Crippen LogP contribution in [0.4, 0.5) is 11.4 Å². The first kappa shape index (κ1) is 22.4. The molecule has 2 amide bonds. The molecule has 31 heavy (non-hydrogen) atoms. The molecule has 3 rings (SSSR count). The Bertz CT molecular complexity index is 1160. The van der Waals surface area contributed by atoms with Gasteiger partial charge in [-0.3, -0.25) is 9.59 Å². The summed E-state index contributed by atoms with van der Waals surface area (Å²) < 4.78 is 26.4. The molecule has 0 radical (unpaired) electrons. The molecule has 7 nitrogen and oxygen atoms in total. The second-order valence-corrected chi connectivity index (χ2v) is 9.06. The van der Waals surface area contributed by atoms with E-state index in [0.29, 0.717) is 16.3 Å². The van der Waals surface area contributed by atoms with Gasteiger partial charge in [-0.15, -0.1) is 11.3 Å². The summed E-state index contributed by atoms with van der Waals surface area (Å²) >= 11 is 1.34. The summed E-state index contributed by atoms with van der Waals surface area (Å²) in [7, 11) is -3.65. The van der Waals surface area contributed by atoms with Crippen molar-refractivity contribution in [2.45, 2.75) is 6.42 Å². The van der Waals surface area contributed by atoms with Gasteiger partial charge in [-0.2, -0.15) is 0 Å². The summed E-state index contributed by atoms with van der Waals surface area (Å²) in [6.45, 7) is -0.0396. The highest BCUT2D eigenvalue weighted by Crippen LogP contribution is 2.17. The van der Waals surface area contributed by atoms with Crippen molar-refractivity contribution in [3.05, 3.63) is 88.0 Å². The van der Waals surface area contributed by atoms with Crippen LogP contribution in [0.2, 0.25) is 0 Å². The highest BCUT2D eigenvalue weighted by Gasteiger charge is 2.10. The molecular weight excluding hydrogens is 434 g/mol. The van der Waals surface area contributed by atoms with Crippen molar-refractivity contribution in [1.82, 2.24) is 4.72 Å². The van der Waals surface area contributed by atoms with Crippen molar-refractivity contribution in [2.75, 3.05) is 17.2 Å². The van der Waals surface area contributed by atoms with Crippen LogP contribution < -0.4 is 15.4 Å². The lowest BCUT2D eigenvalue weighted by molar-refractivity contribution is -0.116. The highest BCUT2D eigenvalue weighted by atomic mass is 32.2. The van der Waals surface area contributed by atoms with Crippen LogP contribution in [0.25, 0.3) is 6.08 Å². The van der Waals surface area contributed by atoms with Crippen LogP contribution in [0.3, 0.4) is 0 Å². The number of nitrogens with one attached hydrogen (secondary N) is 3. The minimum atomic E-state index is -3.65. The second-order valence-electron chi connectivity index (χ2n) is 6.46. The molecule has 0 fully saturated rings. The zero-order valence-electron chi connectivity index (χ0n) is 16.4. The van der Waals surface area contributed by atoms with E-state index in [1.54, 1.807) is 48.5 Å². The molecule has 0 saturated heterocycles. The summed E-state index contributed by atoms with van der Waals surface area (Å²) in [5, 5.41) is 8.35. The van der Waals surface area contributed by atoms with Crippen molar-refractivity contribution >= 4 is 50.6 Å². The first-order valence-corrected chi connectivity index (χ1v) is 11.8. The number of hydrogen-bond acceptors (Lipinski definition) is 5. The van der Waals surface area contributed by atoms with Crippen molar-refractivity contribution in [2.24, 2.45) is 0 Å². The number of carbonyl (C=O) groups excluding carboxylic acids is 2. The summed E-state index contributed by atoms with van der Waals surface area (Å²) in [6, 6.07) is 19.3. The molecule has 0 atom stereocenters. The summed E-state index contributed by atoms with van der Waals surface area (Å²) in [5.74, 6) is -0.576. The number of carbonyl (C=O) groups is 2. The number of amides is 2. The Morgan fingerprint density at radius 1 is 0.903 bits per heavy atom. The predicted octanol–water partition coefficient (Wildman–Crippen LogP) is 3.92. The lowest BCUT2D eigenvalue weighted by Crippen LogP contribution is -2.26. The van der Waals surface area contributed by atoms with Crippen LogP contribution in [0.5, 0.6) is 0 Å². The molecule has 1 aromatic heterocycles. The van der Waals surface area contributed by atoms with Crippen molar-refractivity contribution in [3.63, 3.8) is 0 Å². The topological polar surface area (TPSA) is 104 Å². The van der Waals surface area contributed by atoms with Gasteiger partial charge >= 0.3 is 0 Å². The van der Waals surface area contributed by atoms with E-state index in [4.69, 9.17) is 0 Å². The summed E-state index contributed by atoms with van der Waals surface area (Å²) in [6.07, 6.45) is 1.45. The van der Waals surface area contributed by atoms with Gasteiger partial charge in [0.15, 0.2) is 0 Å². The molecule has 0 bridgehead atoms. The fourth-order valence-electron chi connectivity index (χ4n) is 2.59. The summed E-state index contributed by atoms with van der Waals surface area (Å²) in [4.78, 5) is 24.9. The zero-order chi connectivity index (χ0) is 22.1. The zero-order valence-corrected chi connectivity index (χ0v) is 18.1. The molecule has 0 aliphatic heterocycles. The maximum atomic E-state index is 12.1. The summed E-state index contributed by atoms with van der Waals surface area (Å²) in [5.41, 5.74) is 1.81. The van der Waals surface area contributed by atoms with Gasteiger partial charge < -0.3 is 10.6 Å². The van der Waals surface area contributed by atoms with Crippen molar-refractivity contribution in [3.8, 4) is 0 Å². The monoisotopic (exact) mass is 455 g/mol. The van der Waals surface area contributed by atoms with Crippen LogP contribution >= 0.6 is 11.3 Å². The van der Waals surface area contributed by atoms with Gasteiger partial charge in [0, 0.05) is 29.7 Å². The molecule has 3 aromatic rings.